The molecule has 0 fully saturated rings. The summed E-state index contributed by atoms with van der Waals surface area (Å²) in [5.74, 6) is -1.62. The van der Waals surface area contributed by atoms with Crippen molar-refractivity contribution in [2.75, 3.05) is 0 Å². The number of amides is 1. The van der Waals surface area contributed by atoms with Gasteiger partial charge in [-0.15, -0.1) is 0 Å². The number of hydrogen-bond acceptors (Lipinski definition) is 4. The van der Waals surface area contributed by atoms with Gasteiger partial charge < -0.3 is 0 Å². The van der Waals surface area contributed by atoms with Crippen molar-refractivity contribution in [3.63, 3.8) is 0 Å². The number of carbonyl (C=O) groups excluding carboxylic acids is 1. The smallest absolute Gasteiger partial charge is 0.255 e. The number of carbonyl (C=O) groups is 1. The maximum Gasteiger partial charge on any atom is 0.549 e. The average molecular weight is 100 g/mol. The van der Waals surface area contributed by atoms with Gasteiger partial charge in [0.1, 0.15) is 4.92 Å². The van der Waals surface area contributed by atoms with Crippen LogP contribution in [-0.4, -0.2) is 10.8 Å². The highest BCUT2D eigenvalue weighted by Crippen LogP contribution is 1.65. The molecular weight excluding hydrogens is 100 g/mol. The Labute approximate surface area is 38.3 Å². The molecule has 0 rings (SSSR count). The van der Waals surface area contributed by atoms with Crippen LogP contribution in [0, 0.1) is 21.4 Å². The topological polar surface area (TPSA) is 84.0 Å². The van der Waals surface area contributed by atoms with Crippen molar-refractivity contribution in [3.05, 3.63) is 10.1 Å². The van der Waals surface area contributed by atoms with Crippen LogP contribution in [0.1, 0.15) is 0 Å². The zero-order valence-corrected chi connectivity index (χ0v) is 3.12. The van der Waals surface area contributed by atoms with Gasteiger partial charge in [0.15, 0.2) is 0 Å². The highest BCUT2D eigenvalue weighted by atomic mass is 16.6. The Morgan fingerprint density at radius 3 is 2.29 bits per heavy atom. The molecule has 0 saturated heterocycles. The first kappa shape index (κ1) is 5.56. The second-order valence-electron chi connectivity index (χ2n) is 0.674. The van der Waals surface area contributed by atoms with Gasteiger partial charge >= 0.3 is 5.91 Å². The first-order chi connectivity index (χ1) is 3.18. The van der Waals surface area contributed by atoms with Gasteiger partial charge in [0.05, 0.1) is 0 Å². The lowest BCUT2D eigenvalue weighted by molar-refractivity contribution is -0.394. The Balaban J connectivity index is 3.90. The lowest BCUT2D eigenvalue weighted by atomic mass is 10.7. The minimum Gasteiger partial charge on any atom is -0.255 e. The normalized spacial score (nSPS) is 6.71. The summed E-state index contributed by atoms with van der Waals surface area (Å²) < 4.78 is 0. The van der Waals surface area contributed by atoms with Gasteiger partial charge in [-0.25, -0.2) is 0 Å². The Bertz CT molecular complexity index is 144. The third-order valence-corrected chi connectivity index (χ3v) is 0.261. The monoisotopic (exact) mass is 100.0 g/mol. The van der Waals surface area contributed by atoms with Gasteiger partial charge in [0.25, 0.3) is 0 Å². The standard InChI is InChI=1S/C2N2O3/c3-1-2(5)4(6)7. The molecule has 0 aromatic heterocycles. The van der Waals surface area contributed by atoms with E-state index in [0.29, 0.717) is 0 Å². The lowest BCUT2D eigenvalue weighted by Crippen LogP contribution is -2.06. The molecule has 0 saturated carbocycles. The number of nitriles is 1. The molecule has 0 aliphatic rings. The van der Waals surface area contributed by atoms with Crippen molar-refractivity contribution in [1.29, 1.82) is 5.26 Å². The number of rotatable bonds is 0. The fourth-order valence-corrected chi connectivity index (χ4v) is 0.0408. The Hall–Kier alpha value is -1.44. The van der Waals surface area contributed by atoms with E-state index in [0.717, 1.165) is 6.07 Å². The van der Waals surface area contributed by atoms with Crippen molar-refractivity contribution in [2.45, 2.75) is 0 Å². The molecule has 0 bridgehead atoms. The third kappa shape index (κ3) is 1.44. The molecular formula is C2N2O3. The van der Waals surface area contributed by atoms with Crippen LogP contribution in [0.15, 0.2) is 0 Å². The van der Waals surface area contributed by atoms with Crippen molar-refractivity contribution in [3.8, 4) is 6.07 Å². The average Bonchev–Trinajstić information content (AvgIpc) is 1.65. The molecule has 0 unspecified atom stereocenters. The third-order valence-electron chi connectivity index (χ3n) is 0.261. The summed E-state index contributed by atoms with van der Waals surface area (Å²) in [6, 6.07) is 0.826. The predicted octanol–water partition coefficient (Wildman–Crippen LogP) is -0.687. The Kier molecular flexibility index (Phi) is 1.48. The van der Waals surface area contributed by atoms with Crippen LogP contribution in [0.5, 0.6) is 0 Å². The fourth-order valence-electron chi connectivity index (χ4n) is 0.0408. The SMILES string of the molecule is N#CC(=O)[N+](=O)[O-]. The molecule has 0 heterocycles. The van der Waals surface area contributed by atoms with Gasteiger partial charge in [-0.2, -0.15) is 10.1 Å². The number of hydrogen-bond donors (Lipinski definition) is 0. The molecule has 0 radical (unpaired) electrons. The molecule has 0 aromatic carbocycles. The van der Waals surface area contributed by atoms with Crippen molar-refractivity contribution in [2.24, 2.45) is 0 Å². The van der Waals surface area contributed by atoms with Crippen molar-refractivity contribution in [1.82, 2.24) is 0 Å². The van der Waals surface area contributed by atoms with E-state index >= 15 is 0 Å². The summed E-state index contributed by atoms with van der Waals surface area (Å²) in [7, 11) is 0. The molecule has 36 valence electrons. The summed E-state index contributed by atoms with van der Waals surface area (Å²) in [4.78, 5) is 17.3. The molecule has 7 heavy (non-hydrogen) atoms. The van der Waals surface area contributed by atoms with Gasteiger partial charge in [0.2, 0.25) is 6.07 Å². The van der Waals surface area contributed by atoms with E-state index in [1.54, 1.807) is 0 Å². The first-order valence-electron chi connectivity index (χ1n) is 1.27. The van der Waals surface area contributed by atoms with E-state index in [4.69, 9.17) is 15.4 Å². The zero-order chi connectivity index (χ0) is 5.86. The van der Waals surface area contributed by atoms with Crippen LogP contribution in [0.4, 0.5) is 0 Å². The van der Waals surface area contributed by atoms with E-state index in [1.807, 2.05) is 0 Å². The molecule has 5 heteroatoms. The van der Waals surface area contributed by atoms with E-state index in [1.165, 1.54) is 0 Å². The second kappa shape index (κ2) is 1.87. The Morgan fingerprint density at radius 2 is 2.29 bits per heavy atom. The van der Waals surface area contributed by atoms with Crippen LogP contribution in [0.2, 0.25) is 0 Å². The largest absolute Gasteiger partial charge is 0.549 e. The highest BCUT2D eigenvalue weighted by molar-refractivity contribution is 5.83. The molecule has 0 atom stereocenters. The number of nitrogens with zero attached hydrogens (tertiary/aromatic N) is 2. The second-order valence-corrected chi connectivity index (χ2v) is 0.674. The lowest BCUT2D eigenvalue weighted by Gasteiger charge is -1.69. The van der Waals surface area contributed by atoms with Crippen LogP contribution >= 0.6 is 0 Å². The molecule has 0 aliphatic heterocycles. The van der Waals surface area contributed by atoms with Crippen molar-refractivity contribution < 1.29 is 9.72 Å². The summed E-state index contributed by atoms with van der Waals surface area (Å²) in [5, 5.41) is 16.6. The summed E-state index contributed by atoms with van der Waals surface area (Å²) in [6.07, 6.45) is 0. The van der Waals surface area contributed by atoms with Crippen LogP contribution < -0.4 is 0 Å². The Morgan fingerprint density at radius 1 is 1.86 bits per heavy atom. The van der Waals surface area contributed by atoms with Crippen molar-refractivity contribution >= 4 is 5.91 Å². The van der Waals surface area contributed by atoms with Gasteiger partial charge in [0, 0.05) is 0 Å². The molecule has 1 amide bonds. The zero-order valence-electron chi connectivity index (χ0n) is 3.12. The van der Waals surface area contributed by atoms with E-state index in [2.05, 4.69) is 0 Å². The molecule has 0 N–H and O–H groups in total. The van der Waals surface area contributed by atoms with E-state index in [9.17, 15) is 4.79 Å². The maximum atomic E-state index is 9.45. The number of nitro groups is 1. The molecule has 0 spiro atoms. The van der Waals surface area contributed by atoms with E-state index < -0.39 is 10.8 Å². The molecule has 0 aliphatic carbocycles. The predicted molar refractivity (Wildman–Crippen MR) is 17.6 cm³/mol. The van der Waals surface area contributed by atoms with Gasteiger partial charge in [-0.1, -0.05) is 0 Å². The minimum atomic E-state index is -1.62. The van der Waals surface area contributed by atoms with Crippen LogP contribution in [0.25, 0.3) is 0 Å². The fraction of sp³-hybridized carbons (Fsp3) is 0. The summed E-state index contributed by atoms with van der Waals surface area (Å²) in [6.45, 7) is 0. The summed E-state index contributed by atoms with van der Waals surface area (Å²) >= 11 is 0. The maximum absolute atomic E-state index is 9.45. The first-order valence-corrected chi connectivity index (χ1v) is 1.27. The van der Waals surface area contributed by atoms with Gasteiger partial charge in [-0.05, 0) is 0 Å². The molecule has 0 aromatic rings. The highest BCUT2D eigenvalue weighted by Gasteiger charge is 2.10. The van der Waals surface area contributed by atoms with E-state index in [-0.39, 0.29) is 0 Å². The van der Waals surface area contributed by atoms with Crippen LogP contribution in [-0.2, 0) is 4.79 Å². The van der Waals surface area contributed by atoms with Gasteiger partial charge in [-0.3, -0.25) is 10.1 Å². The minimum absolute atomic E-state index is 0.826. The molecule has 5 nitrogen and oxygen atoms in total. The quantitative estimate of drug-likeness (QED) is 0.229. The van der Waals surface area contributed by atoms with Crippen LogP contribution in [0.3, 0.4) is 0 Å². The summed E-state index contributed by atoms with van der Waals surface area (Å²) in [5.41, 5.74) is 0.